The number of ether oxygens (including phenoxy) is 2. The molecule has 2 atom stereocenters. The van der Waals surface area contributed by atoms with E-state index in [1.165, 1.54) is 34.4 Å². The lowest BCUT2D eigenvalue weighted by atomic mass is 9.94. The zero-order valence-electron chi connectivity index (χ0n) is 19.9. The first-order valence-corrected chi connectivity index (χ1v) is 12.5. The zero-order valence-corrected chi connectivity index (χ0v) is 20.7. The van der Waals surface area contributed by atoms with Crippen LogP contribution in [0.2, 0.25) is 0 Å². The molecular weight excluding hydrogens is 495 g/mol. The highest BCUT2D eigenvalue weighted by molar-refractivity contribution is 7.22. The van der Waals surface area contributed by atoms with E-state index in [-0.39, 0.29) is 28.1 Å². The number of thiazole rings is 1. The third kappa shape index (κ3) is 3.74. The van der Waals surface area contributed by atoms with Crippen molar-refractivity contribution in [1.29, 1.82) is 0 Å². The number of nitrogens with zero attached hydrogens (tertiary/aromatic N) is 2. The second kappa shape index (κ2) is 8.70. The predicted molar refractivity (Wildman–Crippen MR) is 138 cm³/mol. The third-order valence-electron chi connectivity index (χ3n) is 6.60. The molecule has 7 nitrogen and oxygen atoms in total. The number of anilines is 1. The van der Waals surface area contributed by atoms with Gasteiger partial charge in [-0.1, -0.05) is 29.5 Å². The molecule has 1 amide bonds. The minimum absolute atomic E-state index is 0.00551. The van der Waals surface area contributed by atoms with Crippen LogP contribution in [0.3, 0.4) is 0 Å². The summed E-state index contributed by atoms with van der Waals surface area (Å²) in [6.45, 7) is 1.94. The molecule has 1 fully saturated rings. The van der Waals surface area contributed by atoms with E-state index in [4.69, 9.17) is 9.47 Å². The van der Waals surface area contributed by atoms with Gasteiger partial charge in [0.2, 0.25) is 0 Å². The highest BCUT2D eigenvalue weighted by atomic mass is 32.1. The van der Waals surface area contributed by atoms with Crippen molar-refractivity contribution in [3.05, 3.63) is 88.7 Å². The zero-order chi connectivity index (χ0) is 25.8. The topological polar surface area (TPSA) is 89.0 Å². The summed E-state index contributed by atoms with van der Waals surface area (Å²) in [5, 5.41) is 11.6. The lowest BCUT2D eigenvalue weighted by molar-refractivity contribution is -0.132. The number of carbonyl (C=O) groups is 2. The molecule has 1 saturated heterocycles. The minimum Gasteiger partial charge on any atom is -0.507 e. The molecule has 0 radical (unpaired) electrons. The Morgan fingerprint density at radius 3 is 2.76 bits per heavy atom. The highest BCUT2D eigenvalue weighted by Gasteiger charge is 2.49. The Bertz CT molecular complexity index is 1630. The van der Waals surface area contributed by atoms with Crippen LogP contribution in [0, 0.1) is 5.82 Å². The molecule has 1 aromatic heterocycles. The van der Waals surface area contributed by atoms with Crippen molar-refractivity contribution in [2.75, 3.05) is 12.0 Å². The van der Waals surface area contributed by atoms with Crippen LogP contribution in [-0.2, 0) is 16.0 Å². The number of rotatable bonds is 4. The first kappa shape index (κ1) is 23.2. The van der Waals surface area contributed by atoms with Crippen LogP contribution in [-0.4, -0.2) is 35.0 Å². The lowest BCUT2D eigenvalue weighted by Gasteiger charge is -2.23. The van der Waals surface area contributed by atoms with Crippen LogP contribution < -0.4 is 14.4 Å². The fourth-order valence-electron chi connectivity index (χ4n) is 4.87. The Labute approximate surface area is 215 Å². The van der Waals surface area contributed by atoms with Crippen molar-refractivity contribution >= 4 is 44.1 Å². The summed E-state index contributed by atoms with van der Waals surface area (Å²) in [6, 6.07) is 15.1. The summed E-state index contributed by atoms with van der Waals surface area (Å²) in [5.41, 5.74) is 1.72. The fourth-order valence-corrected chi connectivity index (χ4v) is 5.89. The summed E-state index contributed by atoms with van der Waals surface area (Å²) in [7, 11) is 1.55. The van der Waals surface area contributed by atoms with Crippen molar-refractivity contribution in [3.8, 4) is 11.5 Å². The number of fused-ring (bicyclic) bond motifs is 2. The molecule has 3 heterocycles. The number of methoxy groups -OCH3 is 1. The van der Waals surface area contributed by atoms with Crippen LogP contribution in [0.25, 0.3) is 16.0 Å². The number of hydrogen-bond acceptors (Lipinski definition) is 7. The Balaban J connectivity index is 1.54. The summed E-state index contributed by atoms with van der Waals surface area (Å²) in [4.78, 5) is 32.5. The van der Waals surface area contributed by atoms with Gasteiger partial charge in [-0.3, -0.25) is 14.5 Å². The molecule has 9 heteroatoms. The van der Waals surface area contributed by atoms with Gasteiger partial charge in [0.15, 0.2) is 5.13 Å². The SMILES string of the molecule is COc1ccc2nc(N3C(=O)C(=O)/C(=C(/O)c4ccc5c(c4)C[C@@H](C)O5)[C@@H]3c3ccccc3F)sc2c1. The predicted octanol–water partition coefficient (Wildman–Crippen LogP) is 5.39. The summed E-state index contributed by atoms with van der Waals surface area (Å²) < 4.78 is 26.9. The standard InChI is InChI=1S/C28H21FN2O5S/c1-14-11-16-12-15(7-10-21(16)36-14)25(32)23-24(18-5-3-4-6-19(18)29)31(27(34)26(23)33)28-30-20-9-8-17(35-2)13-22(20)37-28/h3-10,12-14,24,32H,11H2,1-2H3/b25-23+/t14-,24+/m1/s1. The normalized spacial score (nSPS) is 20.4. The number of Topliss-reactive ketones (excluding diaryl/α,β-unsaturated/α-hetero) is 1. The number of carbonyl (C=O) groups excluding carboxylic acids is 2. The van der Waals surface area contributed by atoms with E-state index in [1.54, 1.807) is 49.6 Å². The van der Waals surface area contributed by atoms with E-state index in [0.29, 0.717) is 29.0 Å². The quantitative estimate of drug-likeness (QED) is 0.222. The lowest BCUT2D eigenvalue weighted by Crippen LogP contribution is -2.29. The maximum atomic E-state index is 15.1. The molecule has 6 rings (SSSR count). The number of aliphatic hydroxyl groups is 1. The maximum absolute atomic E-state index is 15.1. The molecule has 0 unspecified atom stereocenters. The number of hydrogen-bond donors (Lipinski definition) is 1. The number of ketones is 1. The van der Waals surface area contributed by atoms with Crippen molar-refractivity contribution in [2.24, 2.45) is 0 Å². The Hall–Kier alpha value is -4.24. The highest BCUT2D eigenvalue weighted by Crippen LogP contribution is 2.45. The van der Waals surface area contributed by atoms with Crippen LogP contribution in [0.4, 0.5) is 9.52 Å². The van der Waals surface area contributed by atoms with E-state index in [1.807, 2.05) is 6.92 Å². The number of amides is 1. The van der Waals surface area contributed by atoms with Gasteiger partial charge < -0.3 is 14.6 Å². The van der Waals surface area contributed by atoms with Gasteiger partial charge in [-0.05, 0) is 55.0 Å². The molecule has 3 aromatic carbocycles. The van der Waals surface area contributed by atoms with E-state index >= 15 is 4.39 Å². The Morgan fingerprint density at radius 1 is 1.16 bits per heavy atom. The third-order valence-corrected chi connectivity index (χ3v) is 7.62. The van der Waals surface area contributed by atoms with Crippen molar-refractivity contribution in [2.45, 2.75) is 25.5 Å². The number of aromatic nitrogens is 1. The second-order valence-corrected chi connectivity index (χ2v) is 9.98. The van der Waals surface area contributed by atoms with Crippen molar-refractivity contribution in [1.82, 2.24) is 4.98 Å². The van der Waals surface area contributed by atoms with Gasteiger partial charge in [0.05, 0.1) is 22.9 Å². The monoisotopic (exact) mass is 516 g/mol. The smallest absolute Gasteiger partial charge is 0.301 e. The Morgan fingerprint density at radius 2 is 1.97 bits per heavy atom. The van der Waals surface area contributed by atoms with E-state index in [2.05, 4.69) is 4.98 Å². The van der Waals surface area contributed by atoms with Crippen LogP contribution in [0.5, 0.6) is 11.5 Å². The van der Waals surface area contributed by atoms with Gasteiger partial charge in [-0.25, -0.2) is 9.37 Å². The molecule has 37 heavy (non-hydrogen) atoms. The molecule has 0 saturated carbocycles. The molecule has 1 N–H and O–H groups in total. The second-order valence-electron chi connectivity index (χ2n) is 8.98. The van der Waals surface area contributed by atoms with E-state index in [9.17, 15) is 14.7 Å². The molecule has 2 aliphatic rings. The van der Waals surface area contributed by atoms with E-state index in [0.717, 1.165) is 10.3 Å². The molecule has 0 aliphatic carbocycles. The molecule has 0 bridgehead atoms. The largest absolute Gasteiger partial charge is 0.507 e. The molecular formula is C28H21FN2O5S. The first-order chi connectivity index (χ1) is 17.9. The van der Waals surface area contributed by atoms with Gasteiger partial charge in [-0.2, -0.15) is 0 Å². The van der Waals surface area contributed by atoms with Gasteiger partial charge in [0, 0.05) is 17.5 Å². The molecule has 0 spiro atoms. The van der Waals surface area contributed by atoms with Crippen LogP contribution >= 0.6 is 11.3 Å². The first-order valence-electron chi connectivity index (χ1n) is 11.7. The maximum Gasteiger partial charge on any atom is 0.301 e. The van der Waals surface area contributed by atoms with Crippen LogP contribution in [0.15, 0.2) is 66.2 Å². The van der Waals surface area contributed by atoms with Gasteiger partial charge in [-0.15, -0.1) is 0 Å². The Kier molecular flexibility index (Phi) is 5.45. The van der Waals surface area contributed by atoms with Crippen molar-refractivity contribution in [3.63, 3.8) is 0 Å². The van der Waals surface area contributed by atoms with Gasteiger partial charge >= 0.3 is 5.91 Å². The minimum atomic E-state index is -1.20. The van der Waals surface area contributed by atoms with Gasteiger partial charge in [0.1, 0.15) is 35.2 Å². The molecule has 4 aromatic rings. The van der Waals surface area contributed by atoms with Crippen LogP contribution in [0.1, 0.15) is 29.7 Å². The number of aliphatic hydroxyl groups excluding tert-OH is 1. The summed E-state index contributed by atoms with van der Waals surface area (Å²) in [5.74, 6) is -1.46. The molecule has 186 valence electrons. The summed E-state index contributed by atoms with van der Waals surface area (Å²) in [6.07, 6.45) is 0.644. The average molecular weight is 517 g/mol. The molecule has 2 aliphatic heterocycles. The van der Waals surface area contributed by atoms with Crippen molar-refractivity contribution < 1.29 is 28.6 Å². The summed E-state index contributed by atoms with van der Waals surface area (Å²) >= 11 is 1.18. The van der Waals surface area contributed by atoms with Gasteiger partial charge in [0.25, 0.3) is 5.78 Å². The number of benzene rings is 3. The average Bonchev–Trinajstić information content (AvgIpc) is 3.55. The fraction of sp³-hybridized carbons (Fsp3) is 0.179. The number of halogens is 1. The van der Waals surface area contributed by atoms with E-state index < -0.39 is 23.5 Å².